The van der Waals surface area contributed by atoms with Crippen molar-refractivity contribution < 1.29 is 19.4 Å². The molecule has 1 amide bonds. The summed E-state index contributed by atoms with van der Waals surface area (Å²) in [6.45, 7) is 4.65. The third-order valence-corrected chi connectivity index (χ3v) is 8.58. The highest BCUT2D eigenvalue weighted by molar-refractivity contribution is 8.00. The molecule has 1 unspecified atom stereocenters. The quantitative estimate of drug-likeness (QED) is 0.114. The van der Waals surface area contributed by atoms with Gasteiger partial charge in [0.05, 0.1) is 18.2 Å². The smallest absolute Gasteiger partial charge is 0.296 e. The second kappa shape index (κ2) is 13.0. The fourth-order valence-electron chi connectivity index (χ4n) is 4.35. The number of ether oxygens (including phenoxy) is 1. The van der Waals surface area contributed by atoms with E-state index in [9.17, 15) is 14.7 Å². The third-order valence-electron chi connectivity index (χ3n) is 6.45. The molecule has 1 atom stereocenters. The summed E-state index contributed by atoms with van der Waals surface area (Å²) in [7, 11) is 0. The summed E-state index contributed by atoms with van der Waals surface area (Å²) in [5.41, 5.74) is 3.81. The highest BCUT2D eigenvalue weighted by Crippen LogP contribution is 2.43. The number of aryl methyl sites for hydroxylation is 1. The number of anilines is 1. The van der Waals surface area contributed by atoms with Gasteiger partial charge in [-0.05, 0) is 48.2 Å². The fraction of sp³-hybridized carbons (Fsp3) is 0.188. The number of allylic oxidation sites excluding steroid dienone is 1. The Kier molecular flexibility index (Phi) is 8.96. The number of aromatic nitrogens is 2. The largest absolute Gasteiger partial charge is 0.503 e. The third kappa shape index (κ3) is 6.58. The van der Waals surface area contributed by atoms with Crippen molar-refractivity contribution in [2.75, 3.05) is 11.5 Å². The highest BCUT2D eigenvalue weighted by Gasteiger charge is 2.45. The van der Waals surface area contributed by atoms with Gasteiger partial charge in [-0.1, -0.05) is 108 Å². The van der Waals surface area contributed by atoms with Gasteiger partial charge in [0, 0.05) is 5.75 Å². The van der Waals surface area contributed by atoms with Gasteiger partial charge in [-0.25, -0.2) is 0 Å². The van der Waals surface area contributed by atoms with Crippen LogP contribution in [0.25, 0.3) is 6.08 Å². The van der Waals surface area contributed by atoms with Crippen molar-refractivity contribution >= 4 is 46.0 Å². The molecule has 2 heterocycles. The number of thioether (sulfide) groups is 1. The first-order chi connectivity index (χ1) is 19.9. The average molecular weight is 584 g/mol. The van der Waals surface area contributed by atoms with E-state index in [0.29, 0.717) is 33.1 Å². The maximum absolute atomic E-state index is 13.5. The van der Waals surface area contributed by atoms with Crippen molar-refractivity contribution in [3.05, 3.63) is 119 Å². The lowest BCUT2D eigenvalue weighted by atomic mass is 9.95. The SMILES string of the molecule is CCCOc1ccc(C2C(C(=O)C=Cc3ccccc3)=C(O)C(=O)N2c2nnc(SCc3ccc(C)cc3)s2)cc1. The molecule has 208 valence electrons. The van der Waals surface area contributed by atoms with Crippen LogP contribution in [0.2, 0.25) is 0 Å². The predicted octanol–water partition coefficient (Wildman–Crippen LogP) is 7.11. The van der Waals surface area contributed by atoms with Crippen LogP contribution in [0.3, 0.4) is 0 Å². The van der Waals surface area contributed by atoms with Gasteiger partial charge in [0.25, 0.3) is 5.91 Å². The van der Waals surface area contributed by atoms with Crippen LogP contribution in [0.5, 0.6) is 5.75 Å². The van der Waals surface area contributed by atoms with E-state index in [0.717, 1.165) is 17.5 Å². The van der Waals surface area contributed by atoms with E-state index in [1.165, 1.54) is 39.6 Å². The van der Waals surface area contributed by atoms with E-state index in [4.69, 9.17) is 4.74 Å². The predicted molar refractivity (Wildman–Crippen MR) is 163 cm³/mol. The van der Waals surface area contributed by atoms with Crippen molar-refractivity contribution in [2.24, 2.45) is 0 Å². The van der Waals surface area contributed by atoms with Gasteiger partial charge >= 0.3 is 0 Å². The van der Waals surface area contributed by atoms with Gasteiger partial charge in [0.15, 0.2) is 15.9 Å². The Bertz CT molecular complexity index is 1580. The maximum Gasteiger partial charge on any atom is 0.296 e. The van der Waals surface area contributed by atoms with Crippen molar-refractivity contribution in [3.63, 3.8) is 0 Å². The number of ketones is 1. The molecule has 4 aromatic rings. The van der Waals surface area contributed by atoms with E-state index < -0.39 is 23.5 Å². The lowest BCUT2D eigenvalue weighted by Crippen LogP contribution is -2.30. The molecule has 0 spiro atoms. The number of aliphatic hydroxyl groups is 1. The Morgan fingerprint density at radius 2 is 1.78 bits per heavy atom. The van der Waals surface area contributed by atoms with E-state index >= 15 is 0 Å². The van der Waals surface area contributed by atoms with Crippen molar-refractivity contribution in [2.45, 2.75) is 36.4 Å². The Morgan fingerprint density at radius 1 is 1.05 bits per heavy atom. The van der Waals surface area contributed by atoms with E-state index in [1.807, 2.05) is 44.2 Å². The second-order valence-corrected chi connectivity index (χ2v) is 11.7. The normalized spacial score (nSPS) is 15.2. The van der Waals surface area contributed by atoms with Crippen LogP contribution in [0.1, 0.15) is 41.6 Å². The number of aliphatic hydroxyl groups excluding tert-OH is 1. The minimum atomic E-state index is -0.876. The van der Waals surface area contributed by atoms with E-state index in [2.05, 4.69) is 34.5 Å². The number of amides is 1. The average Bonchev–Trinajstić information content (AvgIpc) is 3.57. The first-order valence-corrected chi connectivity index (χ1v) is 15.0. The van der Waals surface area contributed by atoms with Gasteiger partial charge in [0.1, 0.15) is 5.75 Å². The molecule has 0 aliphatic carbocycles. The molecule has 0 saturated heterocycles. The van der Waals surface area contributed by atoms with Crippen molar-refractivity contribution in [3.8, 4) is 5.75 Å². The summed E-state index contributed by atoms with van der Waals surface area (Å²) < 4.78 is 6.40. The lowest BCUT2D eigenvalue weighted by molar-refractivity contribution is -0.117. The molecule has 1 aromatic heterocycles. The summed E-state index contributed by atoms with van der Waals surface area (Å²) in [4.78, 5) is 28.3. The van der Waals surface area contributed by atoms with Gasteiger partial charge in [-0.3, -0.25) is 14.5 Å². The Labute approximate surface area is 247 Å². The maximum atomic E-state index is 13.5. The van der Waals surface area contributed by atoms with Crippen molar-refractivity contribution in [1.29, 1.82) is 0 Å². The number of rotatable bonds is 11. The molecular weight excluding hydrogens is 555 g/mol. The standard InChI is InChI=1S/C32H29N3O4S2/c1-3-19-39-25-16-14-24(15-17-25)28-27(26(36)18-13-22-7-5-4-6-8-22)29(37)30(38)35(28)31-33-34-32(41-31)40-20-23-11-9-21(2)10-12-23/h4-18,28,37H,3,19-20H2,1-2H3. The zero-order chi connectivity index (χ0) is 28.8. The first kappa shape index (κ1) is 28.3. The number of carbonyl (C=O) groups is 2. The molecule has 41 heavy (non-hydrogen) atoms. The number of hydrogen-bond acceptors (Lipinski definition) is 8. The van der Waals surface area contributed by atoms with Crippen LogP contribution in [0, 0.1) is 6.92 Å². The number of hydrogen-bond donors (Lipinski definition) is 1. The Morgan fingerprint density at radius 3 is 2.49 bits per heavy atom. The minimum absolute atomic E-state index is 0.00605. The number of benzene rings is 3. The summed E-state index contributed by atoms with van der Waals surface area (Å²) in [5, 5.41) is 19.9. The second-order valence-electron chi connectivity index (χ2n) is 9.49. The molecule has 0 fully saturated rings. The molecule has 1 N–H and O–H groups in total. The zero-order valence-corrected chi connectivity index (χ0v) is 24.3. The van der Waals surface area contributed by atoms with Crippen LogP contribution in [0.15, 0.2) is 101 Å². The summed E-state index contributed by atoms with van der Waals surface area (Å²) in [5.74, 6) is -0.362. The molecule has 1 aliphatic rings. The zero-order valence-electron chi connectivity index (χ0n) is 22.7. The molecule has 9 heteroatoms. The molecule has 7 nitrogen and oxygen atoms in total. The van der Waals surface area contributed by atoms with Gasteiger partial charge in [-0.15, -0.1) is 10.2 Å². The van der Waals surface area contributed by atoms with Crippen LogP contribution in [-0.2, 0) is 15.3 Å². The van der Waals surface area contributed by atoms with Gasteiger partial charge in [-0.2, -0.15) is 0 Å². The molecule has 3 aromatic carbocycles. The van der Waals surface area contributed by atoms with Crippen molar-refractivity contribution in [1.82, 2.24) is 10.2 Å². The molecule has 5 rings (SSSR count). The van der Waals surface area contributed by atoms with Crippen LogP contribution < -0.4 is 9.64 Å². The summed E-state index contributed by atoms with van der Waals surface area (Å²) in [6.07, 6.45) is 3.92. The highest BCUT2D eigenvalue weighted by atomic mass is 32.2. The number of carbonyl (C=O) groups excluding carboxylic acids is 2. The topological polar surface area (TPSA) is 92.6 Å². The minimum Gasteiger partial charge on any atom is -0.503 e. The summed E-state index contributed by atoms with van der Waals surface area (Å²) >= 11 is 2.77. The molecule has 0 saturated carbocycles. The first-order valence-electron chi connectivity index (χ1n) is 13.2. The Balaban J connectivity index is 1.45. The Hall–Kier alpha value is -4.21. The lowest BCUT2D eigenvalue weighted by Gasteiger charge is -2.24. The molecule has 1 aliphatic heterocycles. The molecule has 0 radical (unpaired) electrons. The summed E-state index contributed by atoms with van der Waals surface area (Å²) in [6, 6.07) is 24.0. The number of nitrogens with zero attached hydrogens (tertiary/aromatic N) is 3. The molecule has 0 bridgehead atoms. The van der Waals surface area contributed by atoms with Gasteiger partial charge in [0.2, 0.25) is 5.13 Å². The van der Waals surface area contributed by atoms with E-state index in [-0.39, 0.29) is 5.57 Å². The monoisotopic (exact) mass is 583 g/mol. The van der Waals surface area contributed by atoms with Crippen LogP contribution in [0.4, 0.5) is 5.13 Å². The fourth-order valence-corrected chi connectivity index (χ4v) is 6.17. The molecular formula is C32H29N3O4S2. The van der Waals surface area contributed by atoms with Gasteiger partial charge < -0.3 is 9.84 Å². The van der Waals surface area contributed by atoms with Crippen LogP contribution in [-0.4, -0.2) is 33.6 Å². The van der Waals surface area contributed by atoms with E-state index in [1.54, 1.807) is 30.3 Å². The van der Waals surface area contributed by atoms with Crippen LogP contribution >= 0.6 is 23.1 Å².